The fourth-order valence-corrected chi connectivity index (χ4v) is 2.64. The summed E-state index contributed by atoms with van der Waals surface area (Å²) < 4.78 is 0. The van der Waals surface area contributed by atoms with Gasteiger partial charge in [-0.05, 0) is 36.6 Å². The average molecular weight is 496 g/mol. The Hall–Kier alpha value is -2.13. The molecular weight excluding hydrogens is 467 g/mol. The highest BCUT2D eigenvalue weighted by Gasteiger charge is 2.07. The van der Waals surface area contributed by atoms with Crippen molar-refractivity contribution < 1.29 is 9.90 Å². The highest BCUT2D eigenvalue weighted by atomic mass is 127. The molecule has 28 heavy (non-hydrogen) atoms. The van der Waals surface area contributed by atoms with Crippen molar-refractivity contribution in [2.24, 2.45) is 4.99 Å². The predicted octanol–water partition coefficient (Wildman–Crippen LogP) is 2.84. The first-order valence-electron chi connectivity index (χ1n) is 9.20. The van der Waals surface area contributed by atoms with E-state index in [-0.39, 0.29) is 29.9 Å². The number of aliphatic imine (C=N–C) groups is 1. The summed E-state index contributed by atoms with van der Waals surface area (Å²) in [6.07, 6.45) is 0.0754. The monoisotopic (exact) mass is 496 g/mol. The van der Waals surface area contributed by atoms with Gasteiger partial charge in [0.25, 0.3) is 5.91 Å². The molecule has 2 rings (SSSR count). The summed E-state index contributed by atoms with van der Waals surface area (Å²) in [5, 5.41) is 19.3. The van der Waals surface area contributed by atoms with Crippen LogP contribution in [0.2, 0.25) is 0 Å². The lowest BCUT2D eigenvalue weighted by Gasteiger charge is -2.14. The summed E-state index contributed by atoms with van der Waals surface area (Å²) in [6, 6.07) is 17.0. The molecule has 0 saturated heterocycles. The third kappa shape index (κ3) is 7.85. The van der Waals surface area contributed by atoms with Crippen LogP contribution in [-0.4, -0.2) is 37.1 Å². The van der Waals surface area contributed by atoms with E-state index < -0.39 is 6.10 Å². The Labute approximate surface area is 183 Å². The van der Waals surface area contributed by atoms with Gasteiger partial charge in [-0.1, -0.05) is 42.5 Å². The summed E-state index contributed by atoms with van der Waals surface area (Å²) in [4.78, 5) is 16.3. The minimum absolute atomic E-state index is 0. The average Bonchev–Trinajstić information content (AvgIpc) is 2.72. The Bertz CT molecular complexity index is 753. The molecule has 2 aromatic rings. The topological polar surface area (TPSA) is 85.8 Å². The summed E-state index contributed by atoms with van der Waals surface area (Å²) in [5.41, 5.74) is 2.49. The van der Waals surface area contributed by atoms with Crippen molar-refractivity contribution in [1.82, 2.24) is 16.0 Å². The van der Waals surface area contributed by atoms with Gasteiger partial charge in [-0.3, -0.25) is 4.79 Å². The van der Waals surface area contributed by atoms with Crippen LogP contribution >= 0.6 is 24.0 Å². The highest BCUT2D eigenvalue weighted by molar-refractivity contribution is 14.0. The Morgan fingerprint density at radius 3 is 2.54 bits per heavy atom. The fourth-order valence-electron chi connectivity index (χ4n) is 2.64. The number of aliphatic hydroxyl groups excluding tert-OH is 1. The number of carbonyl (C=O) groups excluding carboxylic acids is 1. The summed E-state index contributed by atoms with van der Waals surface area (Å²) in [5.74, 6) is 0.573. The van der Waals surface area contributed by atoms with Gasteiger partial charge in [-0.15, -0.1) is 24.0 Å². The molecule has 6 nitrogen and oxygen atoms in total. The first-order chi connectivity index (χ1) is 13.1. The van der Waals surface area contributed by atoms with Crippen LogP contribution in [0, 0.1) is 0 Å². The molecule has 1 unspecified atom stereocenters. The van der Waals surface area contributed by atoms with E-state index >= 15 is 0 Å². The van der Waals surface area contributed by atoms with Crippen molar-refractivity contribution in [3.63, 3.8) is 0 Å². The van der Waals surface area contributed by atoms with E-state index in [1.54, 1.807) is 13.1 Å². The van der Waals surface area contributed by atoms with Crippen LogP contribution in [-0.2, 0) is 6.54 Å². The molecule has 4 N–H and O–H groups in total. The van der Waals surface area contributed by atoms with Gasteiger partial charge in [0.15, 0.2) is 5.96 Å². The third-order valence-electron chi connectivity index (χ3n) is 4.07. The van der Waals surface area contributed by atoms with Crippen LogP contribution in [0.1, 0.15) is 40.9 Å². The molecule has 1 atom stereocenters. The molecule has 152 valence electrons. The van der Waals surface area contributed by atoms with Crippen LogP contribution < -0.4 is 16.0 Å². The zero-order chi connectivity index (χ0) is 19.5. The van der Waals surface area contributed by atoms with Crippen LogP contribution in [0.5, 0.6) is 0 Å². The molecule has 0 heterocycles. The van der Waals surface area contributed by atoms with Crippen molar-refractivity contribution in [3.8, 4) is 0 Å². The lowest BCUT2D eigenvalue weighted by molar-refractivity contribution is 0.0963. The molecule has 1 amide bonds. The minimum Gasteiger partial charge on any atom is -0.388 e. The van der Waals surface area contributed by atoms with E-state index in [1.807, 2.05) is 55.5 Å². The van der Waals surface area contributed by atoms with Crippen LogP contribution in [0.3, 0.4) is 0 Å². The van der Waals surface area contributed by atoms with Crippen LogP contribution in [0.25, 0.3) is 0 Å². The maximum Gasteiger partial charge on any atom is 0.251 e. The summed E-state index contributed by atoms with van der Waals surface area (Å²) >= 11 is 0. The second-order valence-corrected chi connectivity index (χ2v) is 6.12. The summed E-state index contributed by atoms with van der Waals surface area (Å²) in [6.45, 7) is 3.80. The maximum atomic E-state index is 11.7. The Balaban J connectivity index is 0.00000392. The zero-order valence-corrected chi connectivity index (χ0v) is 18.6. The number of rotatable bonds is 8. The van der Waals surface area contributed by atoms with Gasteiger partial charge in [0.05, 0.1) is 12.6 Å². The van der Waals surface area contributed by atoms with Gasteiger partial charge in [-0.25, -0.2) is 4.99 Å². The number of guanidine groups is 1. The number of amides is 1. The second kappa shape index (κ2) is 13.1. The SMILES string of the molecule is CCNC(=NCc1cccc(C(=O)NC)c1)NCCC(O)c1ccccc1.I. The Kier molecular flexibility index (Phi) is 11.2. The van der Waals surface area contributed by atoms with Crippen molar-refractivity contribution in [2.75, 3.05) is 20.1 Å². The number of hydrogen-bond donors (Lipinski definition) is 4. The molecule has 0 aliphatic carbocycles. The summed E-state index contributed by atoms with van der Waals surface area (Å²) in [7, 11) is 1.62. The maximum absolute atomic E-state index is 11.7. The smallest absolute Gasteiger partial charge is 0.251 e. The number of aliphatic hydroxyl groups is 1. The van der Waals surface area contributed by atoms with Gasteiger partial charge in [-0.2, -0.15) is 0 Å². The Morgan fingerprint density at radius 2 is 1.86 bits per heavy atom. The van der Waals surface area contributed by atoms with E-state index in [9.17, 15) is 9.90 Å². The molecule has 0 fully saturated rings. The highest BCUT2D eigenvalue weighted by Crippen LogP contribution is 2.14. The molecule has 0 saturated carbocycles. The van der Waals surface area contributed by atoms with Crippen LogP contribution in [0.15, 0.2) is 59.6 Å². The molecule has 0 bridgehead atoms. The first-order valence-corrected chi connectivity index (χ1v) is 9.20. The molecule has 0 aliphatic rings. The van der Waals surface area contributed by atoms with E-state index in [4.69, 9.17) is 0 Å². The molecule has 2 aromatic carbocycles. The minimum atomic E-state index is -0.509. The van der Waals surface area contributed by atoms with Gasteiger partial charge >= 0.3 is 0 Å². The number of hydrogen-bond acceptors (Lipinski definition) is 3. The molecule has 0 aromatic heterocycles. The number of benzene rings is 2. The number of nitrogens with zero attached hydrogens (tertiary/aromatic N) is 1. The normalized spacial score (nSPS) is 11.9. The number of nitrogens with one attached hydrogen (secondary N) is 3. The first kappa shape index (κ1) is 23.9. The Morgan fingerprint density at radius 1 is 1.11 bits per heavy atom. The fraction of sp³-hybridized carbons (Fsp3) is 0.333. The number of halogens is 1. The van der Waals surface area contributed by atoms with Gasteiger partial charge in [0.2, 0.25) is 0 Å². The lowest BCUT2D eigenvalue weighted by atomic mass is 10.1. The van der Waals surface area contributed by atoms with E-state index in [0.29, 0.717) is 31.0 Å². The molecule has 0 aliphatic heterocycles. The quantitative estimate of drug-likeness (QED) is 0.257. The zero-order valence-electron chi connectivity index (χ0n) is 16.3. The van der Waals surface area contributed by atoms with E-state index in [2.05, 4.69) is 20.9 Å². The van der Waals surface area contributed by atoms with Gasteiger partial charge in [0, 0.05) is 25.7 Å². The van der Waals surface area contributed by atoms with Crippen molar-refractivity contribution >= 4 is 35.8 Å². The largest absolute Gasteiger partial charge is 0.388 e. The molecule has 7 heteroatoms. The third-order valence-corrected chi connectivity index (χ3v) is 4.07. The molecule has 0 radical (unpaired) electrons. The molecule has 0 spiro atoms. The van der Waals surface area contributed by atoms with E-state index in [0.717, 1.165) is 17.7 Å². The van der Waals surface area contributed by atoms with Gasteiger partial charge < -0.3 is 21.1 Å². The van der Waals surface area contributed by atoms with Crippen LogP contribution in [0.4, 0.5) is 0 Å². The van der Waals surface area contributed by atoms with E-state index in [1.165, 1.54) is 0 Å². The van der Waals surface area contributed by atoms with Crippen molar-refractivity contribution in [1.29, 1.82) is 0 Å². The predicted molar refractivity (Wildman–Crippen MR) is 124 cm³/mol. The van der Waals surface area contributed by atoms with Crippen molar-refractivity contribution in [3.05, 3.63) is 71.3 Å². The number of carbonyl (C=O) groups is 1. The second-order valence-electron chi connectivity index (χ2n) is 6.12. The van der Waals surface area contributed by atoms with Crippen molar-refractivity contribution in [2.45, 2.75) is 26.0 Å². The lowest BCUT2D eigenvalue weighted by Crippen LogP contribution is -2.38. The van der Waals surface area contributed by atoms with Gasteiger partial charge in [0.1, 0.15) is 0 Å². The standard InChI is InChI=1S/C21H28N4O2.HI/c1-3-23-21(24-13-12-19(26)17-9-5-4-6-10-17)25-15-16-8-7-11-18(14-16)20(27)22-2;/h4-11,14,19,26H,3,12-13,15H2,1-2H3,(H,22,27)(H2,23,24,25);1H. The molecular formula is C21H29IN4O2.